The number of hydrogen-bond acceptors (Lipinski definition) is 4. The molecule has 0 radical (unpaired) electrons. The van der Waals surface area contributed by atoms with Crippen LogP contribution < -0.4 is 16.4 Å². The normalized spacial score (nSPS) is 17.4. The molecule has 1 atom stereocenters. The molecule has 1 aromatic carbocycles. The van der Waals surface area contributed by atoms with E-state index in [0.29, 0.717) is 6.54 Å². The minimum absolute atomic E-state index is 0. The van der Waals surface area contributed by atoms with Crippen LogP contribution >= 0.6 is 35.3 Å². The van der Waals surface area contributed by atoms with Crippen LogP contribution in [0.5, 0.6) is 0 Å². The molecule has 0 spiro atoms. The molecule has 0 saturated carbocycles. The van der Waals surface area contributed by atoms with E-state index in [2.05, 4.69) is 61.6 Å². The number of nitrogens with zero attached hydrogens (tertiary/aromatic N) is 2. The molecule has 8 heteroatoms. The summed E-state index contributed by atoms with van der Waals surface area (Å²) in [7, 11) is 1.78. The lowest BCUT2D eigenvalue weighted by Gasteiger charge is -2.31. The van der Waals surface area contributed by atoms with E-state index in [-0.39, 0.29) is 35.8 Å². The number of hydrogen-bond donors (Lipinski definition) is 3. The van der Waals surface area contributed by atoms with Crippen LogP contribution in [0.1, 0.15) is 29.5 Å². The molecule has 2 heterocycles. The third-order valence-corrected chi connectivity index (χ3v) is 5.76. The number of likely N-dealkylation sites (tertiary alicyclic amines) is 1. The van der Waals surface area contributed by atoms with Gasteiger partial charge in [-0.1, -0.05) is 24.3 Å². The summed E-state index contributed by atoms with van der Waals surface area (Å²) in [6, 6.07) is 10.7. The van der Waals surface area contributed by atoms with Crippen molar-refractivity contribution in [1.82, 2.24) is 15.5 Å². The lowest BCUT2D eigenvalue weighted by molar-refractivity contribution is -0.123. The number of rotatable bonds is 7. The number of thiophene rings is 1. The fourth-order valence-corrected chi connectivity index (χ4v) is 4.18. The van der Waals surface area contributed by atoms with E-state index in [1.165, 1.54) is 16.7 Å². The van der Waals surface area contributed by atoms with Crippen molar-refractivity contribution < 1.29 is 4.79 Å². The van der Waals surface area contributed by atoms with Gasteiger partial charge in [-0.05, 0) is 52.9 Å². The number of benzene rings is 1. The molecular weight excluding hydrogens is 497 g/mol. The zero-order valence-corrected chi connectivity index (χ0v) is 19.9. The lowest BCUT2D eigenvalue weighted by Crippen LogP contribution is -2.40. The number of primary amides is 1. The number of nitrogens with one attached hydrogen (secondary N) is 2. The van der Waals surface area contributed by atoms with Gasteiger partial charge in [-0.2, -0.15) is 11.3 Å². The van der Waals surface area contributed by atoms with Gasteiger partial charge in [0.05, 0.1) is 5.92 Å². The first-order valence-electron chi connectivity index (χ1n) is 9.69. The topological polar surface area (TPSA) is 82.8 Å². The quantitative estimate of drug-likeness (QED) is 0.294. The van der Waals surface area contributed by atoms with Crippen molar-refractivity contribution in [2.24, 2.45) is 16.6 Å². The molecule has 1 saturated heterocycles. The van der Waals surface area contributed by atoms with E-state index >= 15 is 0 Å². The third-order valence-electron chi connectivity index (χ3n) is 5.03. The molecule has 1 aliphatic rings. The molecule has 0 aliphatic carbocycles. The number of carbonyl (C=O) groups excluding carboxylic acids is 1. The number of aliphatic imine (C=N–C) groups is 1. The highest BCUT2D eigenvalue weighted by Gasteiger charge is 2.23. The Labute approximate surface area is 194 Å². The van der Waals surface area contributed by atoms with Crippen molar-refractivity contribution in [3.63, 3.8) is 0 Å². The summed E-state index contributed by atoms with van der Waals surface area (Å²) in [6.07, 6.45) is 1.94. The Morgan fingerprint density at radius 2 is 2.00 bits per heavy atom. The minimum Gasteiger partial charge on any atom is -0.369 e. The molecule has 1 fully saturated rings. The Balaban J connectivity index is 0.00000300. The minimum atomic E-state index is -0.177. The Morgan fingerprint density at radius 1 is 1.24 bits per heavy atom. The largest absolute Gasteiger partial charge is 0.369 e. The molecule has 0 bridgehead atoms. The Morgan fingerprint density at radius 3 is 2.69 bits per heavy atom. The molecule has 1 aromatic heterocycles. The lowest BCUT2D eigenvalue weighted by atomic mass is 9.97. The van der Waals surface area contributed by atoms with Crippen molar-refractivity contribution in [3.8, 4) is 0 Å². The highest BCUT2D eigenvalue weighted by atomic mass is 127. The van der Waals surface area contributed by atoms with Crippen LogP contribution in [0.2, 0.25) is 0 Å². The molecule has 3 rings (SSSR count). The van der Waals surface area contributed by atoms with Gasteiger partial charge >= 0.3 is 0 Å². The first-order valence-corrected chi connectivity index (χ1v) is 10.6. The predicted molar refractivity (Wildman–Crippen MR) is 130 cm³/mol. The SMILES string of the molecule is CN=C(NCc1ccsc1)NCc1cccc(CN2CCCC(C(N)=O)C2)c1.I. The summed E-state index contributed by atoms with van der Waals surface area (Å²) in [5.74, 6) is 0.595. The molecule has 158 valence electrons. The Hall–Kier alpha value is -1.65. The molecule has 2 aromatic rings. The van der Waals surface area contributed by atoms with Gasteiger partial charge in [0.1, 0.15) is 0 Å². The molecule has 29 heavy (non-hydrogen) atoms. The summed E-state index contributed by atoms with van der Waals surface area (Å²) in [4.78, 5) is 18.1. The average molecular weight is 527 g/mol. The zero-order chi connectivity index (χ0) is 19.8. The smallest absolute Gasteiger partial charge is 0.221 e. The first-order chi connectivity index (χ1) is 13.6. The second-order valence-electron chi connectivity index (χ2n) is 7.21. The number of amides is 1. The number of nitrogens with two attached hydrogens (primary N) is 1. The fourth-order valence-electron chi connectivity index (χ4n) is 3.51. The molecule has 1 unspecified atom stereocenters. The molecule has 1 aliphatic heterocycles. The average Bonchev–Trinajstić information content (AvgIpc) is 3.22. The van der Waals surface area contributed by atoms with Crippen LogP contribution in [-0.4, -0.2) is 36.9 Å². The molecule has 6 nitrogen and oxygen atoms in total. The fraction of sp³-hybridized carbons (Fsp3) is 0.429. The zero-order valence-electron chi connectivity index (χ0n) is 16.8. The van der Waals surface area contributed by atoms with Crippen molar-refractivity contribution in [3.05, 3.63) is 57.8 Å². The summed E-state index contributed by atoms with van der Waals surface area (Å²) < 4.78 is 0. The standard InChI is InChI=1S/C21H29N5OS.HI/c1-23-21(25-12-18-7-9-28-15-18)24-11-16-4-2-5-17(10-16)13-26-8-3-6-19(14-26)20(22)27;/h2,4-5,7,9-10,15,19H,3,6,8,11-14H2,1H3,(H2,22,27)(H2,23,24,25);1H. The van der Waals surface area contributed by atoms with Crippen LogP contribution in [0.25, 0.3) is 0 Å². The number of piperidine rings is 1. The monoisotopic (exact) mass is 527 g/mol. The summed E-state index contributed by atoms with van der Waals surface area (Å²) in [6.45, 7) is 4.10. The van der Waals surface area contributed by atoms with Crippen LogP contribution in [0, 0.1) is 5.92 Å². The van der Waals surface area contributed by atoms with Crippen molar-refractivity contribution in [1.29, 1.82) is 0 Å². The van der Waals surface area contributed by atoms with E-state index in [9.17, 15) is 4.79 Å². The van der Waals surface area contributed by atoms with Gasteiger partial charge < -0.3 is 16.4 Å². The highest BCUT2D eigenvalue weighted by molar-refractivity contribution is 14.0. The number of guanidine groups is 1. The third kappa shape index (κ3) is 7.60. The second-order valence-corrected chi connectivity index (χ2v) is 7.99. The Kier molecular flexibility index (Phi) is 9.89. The van der Waals surface area contributed by atoms with Crippen LogP contribution in [0.4, 0.5) is 0 Å². The van der Waals surface area contributed by atoms with E-state index in [1.807, 2.05) is 0 Å². The number of carbonyl (C=O) groups is 1. The molecule has 4 N–H and O–H groups in total. The highest BCUT2D eigenvalue weighted by Crippen LogP contribution is 2.18. The summed E-state index contributed by atoms with van der Waals surface area (Å²) in [5, 5.41) is 10.9. The van der Waals surface area contributed by atoms with E-state index < -0.39 is 0 Å². The van der Waals surface area contributed by atoms with Crippen LogP contribution in [0.15, 0.2) is 46.1 Å². The number of halogens is 1. The van der Waals surface area contributed by atoms with Gasteiger partial charge in [0.15, 0.2) is 5.96 Å². The summed E-state index contributed by atoms with van der Waals surface area (Å²) >= 11 is 1.70. The van der Waals surface area contributed by atoms with Gasteiger partial charge in [0, 0.05) is 33.2 Å². The molecule has 1 amide bonds. The van der Waals surface area contributed by atoms with Gasteiger partial charge in [-0.25, -0.2) is 0 Å². The maximum atomic E-state index is 11.5. The van der Waals surface area contributed by atoms with Gasteiger partial charge in [-0.3, -0.25) is 14.7 Å². The maximum Gasteiger partial charge on any atom is 0.221 e. The van der Waals surface area contributed by atoms with Crippen LogP contribution in [0.3, 0.4) is 0 Å². The van der Waals surface area contributed by atoms with Crippen molar-refractivity contribution in [2.75, 3.05) is 20.1 Å². The maximum absolute atomic E-state index is 11.5. The predicted octanol–water partition coefficient (Wildman–Crippen LogP) is 2.93. The summed E-state index contributed by atoms with van der Waals surface area (Å²) in [5.41, 5.74) is 9.21. The second kappa shape index (κ2) is 12.1. The van der Waals surface area contributed by atoms with Gasteiger partial charge in [0.2, 0.25) is 5.91 Å². The van der Waals surface area contributed by atoms with Gasteiger partial charge in [0.25, 0.3) is 0 Å². The molecular formula is C21H30IN5OS. The van der Waals surface area contributed by atoms with Gasteiger partial charge in [-0.15, -0.1) is 24.0 Å². The van der Waals surface area contributed by atoms with E-state index in [0.717, 1.165) is 45.0 Å². The Bertz CT molecular complexity index is 796. The van der Waals surface area contributed by atoms with Crippen molar-refractivity contribution >= 4 is 47.2 Å². The van der Waals surface area contributed by atoms with Crippen LogP contribution in [-0.2, 0) is 24.4 Å². The van der Waals surface area contributed by atoms with Crippen molar-refractivity contribution in [2.45, 2.75) is 32.5 Å². The van der Waals surface area contributed by atoms with E-state index in [4.69, 9.17) is 5.73 Å². The first kappa shape index (κ1) is 23.6. The van der Waals surface area contributed by atoms with E-state index in [1.54, 1.807) is 18.4 Å².